The van der Waals surface area contributed by atoms with Crippen molar-refractivity contribution >= 4 is 29.0 Å². The molecule has 7 heteroatoms. The summed E-state index contributed by atoms with van der Waals surface area (Å²) >= 11 is 4.63. The lowest BCUT2D eigenvalue weighted by Gasteiger charge is -2.18. The molecule has 0 saturated heterocycles. The molecule has 1 aromatic rings. The molecule has 0 fully saturated rings. The van der Waals surface area contributed by atoms with Gasteiger partial charge < -0.3 is 20.7 Å². The van der Waals surface area contributed by atoms with Crippen molar-refractivity contribution in [1.29, 1.82) is 0 Å². The molecule has 2 amide bonds. The van der Waals surface area contributed by atoms with Gasteiger partial charge in [-0.05, 0) is 6.07 Å². The molecule has 108 valence electrons. The molecule has 0 aromatic heterocycles. The number of rotatable bonds is 5. The Labute approximate surface area is 122 Å². The number of likely N-dealkylation sites (N-methyl/N-ethyl adjacent to an activating group) is 1. The molecule has 0 saturated carbocycles. The van der Waals surface area contributed by atoms with E-state index in [9.17, 15) is 9.59 Å². The molecule has 0 spiro atoms. The standard InChI is InChI=1S/C13H17N3O3S/c1-16(13(18)12(17)15-7-11(14)20)8-9-5-3-4-6-10(9)19-2/h3-6H,7-8H2,1-2H3,(H2,14,20)(H,15,17). The summed E-state index contributed by atoms with van der Waals surface area (Å²) in [6, 6.07) is 7.29. The van der Waals surface area contributed by atoms with Gasteiger partial charge in [0, 0.05) is 19.2 Å². The van der Waals surface area contributed by atoms with Crippen LogP contribution in [0.1, 0.15) is 5.56 Å². The number of ether oxygens (including phenoxy) is 1. The summed E-state index contributed by atoms with van der Waals surface area (Å²) < 4.78 is 5.19. The summed E-state index contributed by atoms with van der Waals surface area (Å²) in [4.78, 5) is 24.9. The largest absolute Gasteiger partial charge is 0.496 e. The zero-order valence-electron chi connectivity index (χ0n) is 11.4. The summed E-state index contributed by atoms with van der Waals surface area (Å²) in [7, 11) is 3.09. The number of nitrogens with one attached hydrogen (secondary N) is 1. The highest BCUT2D eigenvalue weighted by atomic mass is 32.1. The van der Waals surface area contributed by atoms with Crippen molar-refractivity contribution in [2.75, 3.05) is 20.7 Å². The van der Waals surface area contributed by atoms with Crippen LogP contribution in [0, 0.1) is 0 Å². The second kappa shape index (κ2) is 7.44. The van der Waals surface area contributed by atoms with E-state index in [4.69, 9.17) is 10.5 Å². The lowest BCUT2D eigenvalue weighted by molar-refractivity contribution is -0.145. The Morgan fingerprint density at radius 1 is 1.40 bits per heavy atom. The molecule has 0 unspecified atom stereocenters. The maximum atomic E-state index is 11.8. The van der Waals surface area contributed by atoms with Gasteiger partial charge in [-0.15, -0.1) is 0 Å². The predicted octanol–water partition coefficient (Wildman–Crippen LogP) is 0.0559. The topological polar surface area (TPSA) is 84.7 Å². The fourth-order valence-electron chi connectivity index (χ4n) is 1.58. The molecular weight excluding hydrogens is 278 g/mol. The number of benzene rings is 1. The lowest BCUT2D eigenvalue weighted by Crippen LogP contribution is -2.43. The van der Waals surface area contributed by atoms with Crippen molar-refractivity contribution < 1.29 is 14.3 Å². The summed E-state index contributed by atoms with van der Waals surface area (Å²) in [5, 5.41) is 2.35. The minimum absolute atomic E-state index is 0.00239. The van der Waals surface area contributed by atoms with E-state index in [-0.39, 0.29) is 18.1 Å². The fourth-order valence-corrected chi connectivity index (χ4v) is 1.65. The first-order valence-electron chi connectivity index (χ1n) is 5.89. The van der Waals surface area contributed by atoms with Crippen LogP contribution in [0.5, 0.6) is 5.75 Å². The van der Waals surface area contributed by atoms with Gasteiger partial charge in [0.1, 0.15) is 5.75 Å². The van der Waals surface area contributed by atoms with Gasteiger partial charge in [0.25, 0.3) is 0 Å². The Bertz CT molecular complexity index is 519. The summed E-state index contributed by atoms with van der Waals surface area (Å²) in [6.45, 7) is 0.270. The Morgan fingerprint density at radius 3 is 2.65 bits per heavy atom. The third-order valence-electron chi connectivity index (χ3n) is 2.56. The van der Waals surface area contributed by atoms with Gasteiger partial charge in [-0.1, -0.05) is 30.4 Å². The number of hydrogen-bond donors (Lipinski definition) is 2. The maximum Gasteiger partial charge on any atom is 0.311 e. The normalized spacial score (nSPS) is 9.70. The van der Waals surface area contributed by atoms with Crippen LogP contribution in [0.4, 0.5) is 0 Å². The van der Waals surface area contributed by atoms with E-state index in [1.165, 1.54) is 11.9 Å². The zero-order valence-corrected chi connectivity index (χ0v) is 12.2. The van der Waals surface area contributed by atoms with Crippen LogP contribution >= 0.6 is 12.2 Å². The third kappa shape index (κ3) is 4.51. The van der Waals surface area contributed by atoms with Crippen LogP contribution in [0.2, 0.25) is 0 Å². The number of thiocarbonyl (C=S) groups is 1. The molecule has 1 rings (SSSR count). The van der Waals surface area contributed by atoms with Gasteiger partial charge >= 0.3 is 11.8 Å². The summed E-state index contributed by atoms with van der Waals surface area (Å²) in [5.74, 6) is -0.738. The highest BCUT2D eigenvalue weighted by molar-refractivity contribution is 7.80. The Kier molecular flexibility index (Phi) is 5.92. The first-order chi connectivity index (χ1) is 9.45. The number of hydrogen-bond acceptors (Lipinski definition) is 4. The van der Waals surface area contributed by atoms with Crippen LogP contribution in [0.25, 0.3) is 0 Å². The molecule has 0 aliphatic carbocycles. The van der Waals surface area contributed by atoms with Gasteiger partial charge in [-0.3, -0.25) is 9.59 Å². The molecule has 1 aromatic carbocycles. The van der Waals surface area contributed by atoms with Crippen molar-refractivity contribution in [3.05, 3.63) is 29.8 Å². The van der Waals surface area contributed by atoms with E-state index in [2.05, 4.69) is 17.5 Å². The van der Waals surface area contributed by atoms with Crippen LogP contribution in [-0.2, 0) is 16.1 Å². The highest BCUT2D eigenvalue weighted by Crippen LogP contribution is 2.18. The van der Waals surface area contributed by atoms with Crippen molar-refractivity contribution in [3.63, 3.8) is 0 Å². The average Bonchev–Trinajstić information content (AvgIpc) is 2.44. The molecular formula is C13H17N3O3S. The summed E-state index contributed by atoms with van der Waals surface area (Å²) in [6.07, 6.45) is 0. The molecule has 3 N–H and O–H groups in total. The van der Waals surface area contributed by atoms with Crippen LogP contribution in [-0.4, -0.2) is 42.4 Å². The molecule has 6 nitrogen and oxygen atoms in total. The van der Waals surface area contributed by atoms with E-state index < -0.39 is 11.8 Å². The van der Waals surface area contributed by atoms with Gasteiger partial charge in [-0.25, -0.2) is 0 Å². The molecule has 0 aliphatic heterocycles. The minimum Gasteiger partial charge on any atom is -0.496 e. The van der Waals surface area contributed by atoms with E-state index in [1.807, 2.05) is 18.2 Å². The van der Waals surface area contributed by atoms with E-state index in [0.29, 0.717) is 5.75 Å². The zero-order chi connectivity index (χ0) is 15.1. The molecule has 0 atom stereocenters. The quantitative estimate of drug-likeness (QED) is 0.592. The minimum atomic E-state index is -0.741. The van der Waals surface area contributed by atoms with Gasteiger partial charge in [0.05, 0.1) is 18.6 Å². The van der Waals surface area contributed by atoms with Gasteiger partial charge in [0.15, 0.2) is 0 Å². The van der Waals surface area contributed by atoms with E-state index in [1.54, 1.807) is 13.2 Å². The number of carbonyl (C=O) groups is 2. The Balaban J connectivity index is 2.65. The number of carbonyl (C=O) groups excluding carboxylic acids is 2. The Hall–Kier alpha value is -2.15. The molecule has 0 aliphatic rings. The molecule has 0 radical (unpaired) electrons. The first-order valence-corrected chi connectivity index (χ1v) is 6.30. The maximum absolute atomic E-state index is 11.8. The predicted molar refractivity (Wildman–Crippen MR) is 79.3 cm³/mol. The highest BCUT2D eigenvalue weighted by Gasteiger charge is 2.19. The lowest BCUT2D eigenvalue weighted by atomic mass is 10.2. The van der Waals surface area contributed by atoms with Crippen LogP contribution in [0.15, 0.2) is 24.3 Å². The number of nitrogens with zero attached hydrogens (tertiary/aromatic N) is 1. The number of para-hydroxylation sites is 1. The van der Waals surface area contributed by atoms with Gasteiger partial charge in [0.2, 0.25) is 0 Å². The number of amides is 2. The fraction of sp³-hybridized carbons (Fsp3) is 0.308. The summed E-state index contributed by atoms with van der Waals surface area (Å²) in [5.41, 5.74) is 6.07. The van der Waals surface area contributed by atoms with E-state index >= 15 is 0 Å². The smallest absolute Gasteiger partial charge is 0.311 e. The second-order valence-electron chi connectivity index (χ2n) is 4.12. The van der Waals surface area contributed by atoms with E-state index in [0.717, 1.165) is 5.56 Å². The second-order valence-corrected chi connectivity index (χ2v) is 4.65. The number of methoxy groups -OCH3 is 1. The van der Waals surface area contributed by atoms with Crippen LogP contribution in [0.3, 0.4) is 0 Å². The SMILES string of the molecule is COc1ccccc1CN(C)C(=O)C(=O)NCC(N)=S. The van der Waals surface area contributed by atoms with Crippen molar-refractivity contribution in [3.8, 4) is 5.75 Å². The molecule has 0 bridgehead atoms. The van der Waals surface area contributed by atoms with Crippen molar-refractivity contribution in [2.45, 2.75) is 6.54 Å². The number of nitrogens with two attached hydrogens (primary N) is 1. The molecule has 0 heterocycles. The monoisotopic (exact) mass is 295 g/mol. The van der Waals surface area contributed by atoms with Crippen molar-refractivity contribution in [2.24, 2.45) is 5.73 Å². The Morgan fingerprint density at radius 2 is 2.05 bits per heavy atom. The third-order valence-corrected chi connectivity index (χ3v) is 2.71. The van der Waals surface area contributed by atoms with Crippen molar-refractivity contribution in [1.82, 2.24) is 10.2 Å². The average molecular weight is 295 g/mol. The van der Waals surface area contributed by atoms with Gasteiger partial charge in [-0.2, -0.15) is 0 Å². The first kappa shape index (κ1) is 15.9. The van der Waals surface area contributed by atoms with Crippen LogP contribution < -0.4 is 15.8 Å². The molecule has 20 heavy (non-hydrogen) atoms.